The van der Waals surface area contributed by atoms with Crippen LogP contribution in [0.2, 0.25) is 0 Å². The summed E-state index contributed by atoms with van der Waals surface area (Å²) in [6.45, 7) is 2.04. The van der Waals surface area contributed by atoms with E-state index in [-0.39, 0.29) is 11.7 Å². The maximum atomic E-state index is 13.0. The van der Waals surface area contributed by atoms with Crippen molar-refractivity contribution in [3.8, 4) is 0 Å². The Morgan fingerprint density at radius 2 is 2.00 bits per heavy atom. The van der Waals surface area contributed by atoms with Crippen LogP contribution < -0.4 is 5.32 Å². The molecular weight excluding hydrogens is 253 g/mol. The number of aryl methyl sites for hydroxylation is 1. The summed E-state index contributed by atoms with van der Waals surface area (Å²) in [7, 11) is 0. The van der Waals surface area contributed by atoms with Gasteiger partial charge in [-0.3, -0.25) is 4.79 Å². The number of halogens is 1. The zero-order chi connectivity index (χ0) is 14.4. The molecule has 0 aliphatic rings. The van der Waals surface area contributed by atoms with Gasteiger partial charge in [0.05, 0.1) is 0 Å². The van der Waals surface area contributed by atoms with Crippen molar-refractivity contribution in [2.75, 3.05) is 5.32 Å². The van der Waals surface area contributed by atoms with Gasteiger partial charge in [-0.2, -0.15) is 0 Å². The third kappa shape index (κ3) is 3.79. The lowest BCUT2D eigenvalue weighted by Crippen LogP contribution is -2.09. The second-order valence-electron chi connectivity index (χ2n) is 4.39. The molecule has 0 aliphatic heterocycles. The summed E-state index contributed by atoms with van der Waals surface area (Å²) >= 11 is 0. The number of carbonyl (C=O) groups is 1. The molecule has 0 fully saturated rings. The number of carbonyl (C=O) groups excluding carboxylic acids is 1. The largest absolute Gasteiger partial charge is 0.322 e. The molecule has 0 aromatic heterocycles. The summed E-state index contributed by atoms with van der Waals surface area (Å²) in [4.78, 5) is 11.8. The highest BCUT2D eigenvalue weighted by Gasteiger charge is 2.02. The molecule has 1 amide bonds. The molecule has 0 saturated heterocycles. The minimum atomic E-state index is -0.316. The monoisotopic (exact) mass is 269 g/mol. The number of para-hydroxylation sites is 1. The Bertz CT molecular complexity index is 634. The van der Waals surface area contributed by atoms with Crippen LogP contribution in [0.4, 0.5) is 10.1 Å². The molecule has 2 nitrogen and oxygen atoms in total. The molecule has 0 radical (unpaired) electrons. The molecule has 0 atom stereocenters. The molecular formula is C17H16FNO. The van der Waals surface area contributed by atoms with E-state index in [9.17, 15) is 9.18 Å². The van der Waals surface area contributed by atoms with Crippen molar-refractivity contribution in [1.29, 1.82) is 0 Å². The number of anilines is 1. The van der Waals surface area contributed by atoms with Crippen molar-refractivity contribution in [1.82, 2.24) is 0 Å². The zero-order valence-corrected chi connectivity index (χ0v) is 11.3. The summed E-state index contributed by atoms with van der Waals surface area (Å²) in [6.07, 6.45) is 3.85. The maximum absolute atomic E-state index is 13.0. The van der Waals surface area contributed by atoms with E-state index in [1.54, 1.807) is 18.2 Å². The zero-order valence-electron chi connectivity index (χ0n) is 11.3. The highest BCUT2D eigenvalue weighted by atomic mass is 19.1. The molecule has 1 N–H and O–H groups in total. The topological polar surface area (TPSA) is 29.1 Å². The fourth-order valence-electron chi connectivity index (χ4n) is 1.91. The van der Waals surface area contributed by atoms with E-state index in [1.807, 2.05) is 31.2 Å². The third-order valence-electron chi connectivity index (χ3n) is 2.93. The van der Waals surface area contributed by atoms with E-state index in [0.29, 0.717) is 5.56 Å². The molecule has 0 heterocycles. The number of hydrogen-bond donors (Lipinski definition) is 1. The van der Waals surface area contributed by atoms with E-state index < -0.39 is 0 Å². The lowest BCUT2D eigenvalue weighted by atomic mass is 10.1. The molecule has 0 unspecified atom stereocenters. The van der Waals surface area contributed by atoms with Crippen LogP contribution in [0, 0.1) is 5.82 Å². The molecule has 0 bridgehead atoms. The SMILES string of the molecule is CCc1ccccc1NC(=O)C=Cc1cccc(F)c1. The predicted molar refractivity (Wildman–Crippen MR) is 79.9 cm³/mol. The molecule has 3 heteroatoms. The molecule has 0 spiro atoms. The quantitative estimate of drug-likeness (QED) is 0.834. The molecule has 0 aliphatic carbocycles. The van der Waals surface area contributed by atoms with Crippen LogP contribution in [0.25, 0.3) is 6.08 Å². The standard InChI is InChI=1S/C17H16FNO/c1-2-14-7-3-4-9-16(14)19-17(20)11-10-13-6-5-8-15(18)12-13/h3-12H,2H2,1H3,(H,19,20). The molecule has 0 saturated carbocycles. The first-order chi connectivity index (χ1) is 9.69. The number of amides is 1. The van der Waals surface area contributed by atoms with Crippen LogP contribution in [0.15, 0.2) is 54.6 Å². The van der Waals surface area contributed by atoms with Crippen LogP contribution >= 0.6 is 0 Å². The first kappa shape index (κ1) is 14.0. The Morgan fingerprint density at radius 3 is 2.75 bits per heavy atom. The van der Waals surface area contributed by atoms with Crippen LogP contribution in [0.3, 0.4) is 0 Å². The van der Waals surface area contributed by atoms with Crippen LogP contribution in [0.1, 0.15) is 18.1 Å². The lowest BCUT2D eigenvalue weighted by Gasteiger charge is -2.07. The first-order valence-corrected chi connectivity index (χ1v) is 6.51. The van der Waals surface area contributed by atoms with Gasteiger partial charge in [0.15, 0.2) is 0 Å². The molecule has 2 aromatic rings. The Hall–Kier alpha value is -2.42. The predicted octanol–water partition coefficient (Wildman–Crippen LogP) is 4.04. The molecule has 102 valence electrons. The van der Waals surface area contributed by atoms with Crippen molar-refractivity contribution in [2.24, 2.45) is 0 Å². The molecule has 2 aromatic carbocycles. The van der Waals surface area contributed by atoms with Gasteiger partial charge in [-0.05, 0) is 41.8 Å². The Morgan fingerprint density at radius 1 is 1.20 bits per heavy atom. The third-order valence-corrected chi connectivity index (χ3v) is 2.93. The highest BCUT2D eigenvalue weighted by molar-refractivity contribution is 6.02. The van der Waals surface area contributed by atoms with Crippen LogP contribution in [-0.4, -0.2) is 5.91 Å². The summed E-state index contributed by atoms with van der Waals surface area (Å²) < 4.78 is 13.0. The van der Waals surface area contributed by atoms with Crippen LogP contribution in [-0.2, 0) is 11.2 Å². The normalized spacial score (nSPS) is 10.7. The van der Waals surface area contributed by atoms with Crippen molar-refractivity contribution in [3.63, 3.8) is 0 Å². The van der Waals surface area contributed by atoms with E-state index in [0.717, 1.165) is 17.7 Å². The van der Waals surface area contributed by atoms with Crippen LogP contribution in [0.5, 0.6) is 0 Å². The summed E-state index contributed by atoms with van der Waals surface area (Å²) in [5.74, 6) is -0.543. The molecule has 2 rings (SSSR count). The second-order valence-corrected chi connectivity index (χ2v) is 4.39. The van der Waals surface area contributed by atoms with E-state index in [4.69, 9.17) is 0 Å². The lowest BCUT2D eigenvalue weighted by molar-refractivity contribution is -0.111. The smallest absolute Gasteiger partial charge is 0.248 e. The first-order valence-electron chi connectivity index (χ1n) is 6.51. The van der Waals surface area contributed by atoms with Gasteiger partial charge in [-0.25, -0.2) is 4.39 Å². The fourth-order valence-corrected chi connectivity index (χ4v) is 1.91. The molecule has 20 heavy (non-hydrogen) atoms. The summed E-state index contributed by atoms with van der Waals surface area (Å²) in [6, 6.07) is 13.8. The van der Waals surface area contributed by atoms with E-state index in [1.165, 1.54) is 18.2 Å². The summed E-state index contributed by atoms with van der Waals surface area (Å²) in [5.41, 5.74) is 2.55. The summed E-state index contributed by atoms with van der Waals surface area (Å²) in [5, 5.41) is 2.83. The van der Waals surface area contributed by atoms with Gasteiger partial charge < -0.3 is 5.32 Å². The van der Waals surface area contributed by atoms with Crippen molar-refractivity contribution in [3.05, 3.63) is 71.6 Å². The van der Waals surface area contributed by atoms with E-state index >= 15 is 0 Å². The van der Waals surface area contributed by atoms with Crippen molar-refractivity contribution >= 4 is 17.7 Å². The minimum absolute atomic E-state index is 0.227. The maximum Gasteiger partial charge on any atom is 0.248 e. The Labute approximate surface area is 118 Å². The van der Waals surface area contributed by atoms with Gasteiger partial charge in [-0.1, -0.05) is 37.3 Å². The highest BCUT2D eigenvalue weighted by Crippen LogP contribution is 2.15. The second kappa shape index (κ2) is 6.66. The Kier molecular flexibility index (Phi) is 4.66. The number of rotatable bonds is 4. The van der Waals surface area contributed by atoms with Gasteiger partial charge in [0, 0.05) is 11.8 Å². The van der Waals surface area contributed by atoms with Gasteiger partial charge in [0.2, 0.25) is 5.91 Å². The van der Waals surface area contributed by atoms with Gasteiger partial charge in [-0.15, -0.1) is 0 Å². The fraction of sp³-hybridized carbons (Fsp3) is 0.118. The minimum Gasteiger partial charge on any atom is -0.322 e. The average Bonchev–Trinajstić information content (AvgIpc) is 2.46. The van der Waals surface area contributed by atoms with Gasteiger partial charge in [0.25, 0.3) is 0 Å². The van der Waals surface area contributed by atoms with Gasteiger partial charge >= 0.3 is 0 Å². The van der Waals surface area contributed by atoms with Crippen molar-refractivity contribution < 1.29 is 9.18 Å². The average molecular weight is 269 g/mol. The number of hydrogen-bond acceptors (Lipinski definition) is 1. The number of nitrogens with one attached hydrogen (secondary N) is 1. The Balaban J connectivity index is 2.06. The van der Waals surface area contributed by atoms with Crippen molar-refractivity contribution in [2.45, 2.75) is 13.3 Å². The number of benzene rings is 2. The van der Waals surface area contributed by atoms with Gasteiger partial charge in [0.1, 0.15) is 5.82 Å². The van der Waals surface area contributed by atoms with E-state index in [2.05, 4.69) is 5.32 Å².